The fourth-order valence-corrected chi connectivity index (χ4v) is 3.25. The Bertz CT molecular complexity index is 825. The smallest absolute Gasteiger partial charge is 0.253 e. The molecule has 28 heavy (non-hydrogen) atoms. The molecule has 2 N–H and O–H groups in total. The van der Waals surface area contributed by atoms with E-state index < -0.39 is 0 Å². The first-order valence-electron chi connectivity index (χ1n) is 9.30. The Morgan fingerprint density at radius 1 is 1.04 bits per heavy atom. The number of nitrogens with zero attached hydrogens (tertiary/aromatic N) is 4. The zero-order valence-electron chi connectivity index (χ0n) is 16.3. The molecule has 1 saturated heterocycles. The number of aliphatic imine (C=N–C) groups is 1. The zero-order valence-corrected chi connectivity index (χ0v) is 17.1. The standard InChI is InChI=1S/C21H26ClN5O/c1-25(2)20(28)17-5-3-16(4-6-17)15-24-21(23)27-13-11-26(12-14-27)19-9-7-18(22)8-10-19/h3-10H,11-15H2,1-2H3,(H2,23,24). The molecule has 0 bridgehead atoms. The van der Waals surface area contributed by atoms with Gasteiger partial charge in [-0.2, -0.15) is 0 Å². The van der Waals surface area contributed by atoms with Crippen LogP contribution in [-0.4, -0.2) is 61.9 Å². The Balaban J connectivity index is 1.53. The van der Waals surface area contributed by atoms with Crippen molar-refractivity contribution in [2.75, 3.05) is 45.2 Å². The van der Waals surface area contributed by atoms with Crippen molar-refractivity contribution in [3.8, 4) is 0 Å². The van der Waals surface area contributed by atoms with Crippen molar-refractivity contribution < 1.29 is 4.79 Å². The monoisotopic (exact) mass is 399 g/mol. The van der Waals surface area contributed by atoms with Gasteiger partial charge in [0.25, 0.3) is 5.91 Å². The average molecular weight is 400 g/mol. The van der Waals surface area contributed by atoms with E-state index in [-0.39, 0.29) is 5.91 Å². The number of rotatable bonds is 4. The van der Waals surface area contributed by atoms with Crippen LogP contribution in [-0.2, 0) is 6.54 Å². The number of guanidine groups is 1. The van der Waals surface area contributed by atoms with Crippen LogP contribution >= 0.6 is 11.6 Å². The molecule has 2 aromatic carbocycles. The van der Waals surface area contributed by atoms with E-state index in [1.54, 1.807) is 19.0 Å². The summed E-state index contributed by atoms with van der Waals surface area (Å²) in [5, 5.41) is 0.748. The minimum Gasteiger partial charge on any atom is -0.370 e. The van der Waals surface area contributed by atoms with Crippen molar-refractivity contribution in [3.63, 3.8) is 0 Å². The number of halogens is 1. The lowest BCUT2D eigenvalue weighted by Crippen LogP contribution is -2.51. The van der Waals surface area contributed by atoms with Gasteiger partial charge in [0.1, 0.15) is 0 Å². The lowest BCUT2D eigenvalue weighted by Gasteiger charge is -2.36. The molecule has 1 heterocycles. The van der Waals surface area contributed by atoms with Crippen LogP contribution in [0.15, 0.2) is 53.5 Å². The van der Waals surface area contributed by atoms with Gasteiger partial charge >= 0.3 is 0 Å². The van der Waals surface area contributed by atoms with Crippen molar-refractivity contribution in [3.05, 3.63) is 64.7 Å². The van der Waals surface area contributed by atoms with Crippen molar-refractivity contribution in [2.24, 2.45) is 10.7 Å². The SMILES string of the molecule is CN(C)C(=O)c1ccc(CN=C(N)N2CCN(c3ccc(Cl)cc3)CC2)cc1. The molecule has 6 nitrogen and oxygen atoms in total. The summed E-state index contributed by atoms with van der Waals surface area (Å²) in [6.45, 7) is 3.93. The van der Waals surface area contributed by atoms with E-state index in [4.69, 9.17) is 17.3 Å². The predicted octanol–water partition coefficient (Wildman–Crippen LogP) is 2.68. The van der Waals surface area contributed by atoms with Gasteiger partial charge in [-0.05, 0) is 42.0 Å². The molecule has 0 aromatic heterocycles. The Kier molecular flexibility index (Phi) is 6.41. The highest BCUT2D eigenvalue weighted by molar-refractivity contribution is 6.30. The van der Waals surface area contributed by atoms with Crippen LogP contribution in [0, 0.1) is 0 Å². The number of amides is 1. The number of carbonyl (C=O) groups is 1. The molecule has 0 spiro atoms. The second-order valence-electron chi connectivity index (χ2n) is 7.02. The normalized spacial score (nSPS) is 14.9. The molecule has 0 saturated carbocycles. The molecule has 0 aliphatic carbocycles. The first-order chi connectivity index (χ1) is 13.4. The van der Waals surface area contributed by atoms with Crippen LogP contribution in [0.4, 0.5) is 5.69 Å². The van der Waals surface area contributed by atoms with Gasteiger partial charge in [0.05, 0.1) is 6.54 Å². The summed E-state index contributed by atoms with van der Waals surface area (Å²) in [4.78, 5) is 22.5. The van der Waals surface area contributed by atoms with Gasteiger partial charge in [0.15, 0.2) is 5.96 Å². The second-order valence-corrected chi connectivity index (χ2v) is 7.46. The number of nitrogens with two attached hydrogens (primary N) is 1. The highest BCUT2D eigenvalue weighted by Crippen LogP contribution is 2.19. The summed E-state index contributed by atoms with van der Waals surface area (Å²) in [5.74, 6) is 0.553. The highest BCUT2D eigenvalue weighted by Gasteiger charge is 2.18. The maximum absolute atomic E-state index is 11.9. The Hall–Kier alpha value is -2.73. The molecule has 1 fully saturated rings. The Morgan fingerprint density at radius 2 is 1.64 bits per heavy atom. The number of carbonyl (C=O) groups excluding carboxylic acids is 1. The van der Waals surface area contributed by atoms with Gasteiger partial charge in [0, 0.05) is 56.5 Å². The van der Waals surface area contributed by atoms with Crippen molar-refractivity contribution in [1.29, 1.82) is 0 Å². The summed E-state index contributed by atoms with van der Waals surface area (Å²) < 4.78 is 0. The van der Waals surface area contributed by atoms with E-state index in [2.05, 4.69) is 14.8 Å². The third-order valence-corrected chi connectivity index (χ3v) is 5.08. The average Bonchev–Trinajstić information content (AvgIpc) is 2.72. The first kappa shape index (κ1) is 20.0. The molecular formula is C21H26ClN5O. The van der Waals surface area contributed by atoms with Crippen LogP contribution in [0.3, 0.4) is 0 Å². The van der Waals surface area contributed by atoms with Gasteiger partial charge in [-0.3, -0.25) is 4.79 Å². The number of hydrogen-bond donors (Lipinski definition) is 1. The Morgan fingerprint density at radius 3 is 2.21 bits per heavy atom. The van der Waals surface area contributed by atoms with E-state index in [0.717, 1.165) is 36.8 Å². The highest BCUT2D eigenvalue weighted by atomic mass is 35.5. The topological polar surface area (TPSA) is 65.2 Å². The van der Waals surface area contributed by atoms with E-state index in [1.165, 1.54) is 5.69 Å². The largest absolute Gasteiger partial charge is 0.370 e. The number of hydrogen-bond acceptors (Lipinski definition) is 3. The molecular weight excluding hydrogens is 374 g/mol. The zero-order chi connectivity index (χ0) is 20.1. The van der Waals surface area contributed by atoms with Gasteiger partial charge in [0.2, 0.25) is 0 Å². The quantitative estimate of drug-likeness (QED) is 0.634. The fraction of sp³-hybridized carbons (Fsp3) is 0.333. The summed E-state index contributed by atoms with van der Waals surface area (Å²) in [6.07, 6.45) is 0. The second kappa shape index (κ2) is 8.97. The Labute approximate surface area is 171 Å². The summed E-state index contributed by atoms with van der Waals surface area (Å²) in [6, 6.07) is 15.4. The minimum absolute atomic E-state index is 0.00637. The van der Waals surface area contributed by atoms with Crippen molar-refractivity contribution >= 4 is 29.2 Å². The van der Waals surface area contributed by atoms with E-state index in [1.807, 2.05) is 48.5 Å². The van der Waals surface area contributed by atoms with E-state index in [0.29, 0.717) is 18.1 Å². The molecule has 0 unspecified atom stereocenters. The van der Waals surface area contributed by atoms with Crippen LogP contribution in [0.1, 0.15) is 15.9 Å². The van der Waals surface area contributed by atoms with Crippen LogP contribution in [0.2, 0.25) is 5.02 Å². The molecule has 1 aliphatic heterocycles. The lowest BCUT2D eigenvalue weighted by molar-refractivity contribution is 0.0827. The lowest BCUT2D eigenvalue weighted by atomic mass is 10.1. The fourth-order valence-electron chi connectivity index (χ4n) is 3.13. The number of benzene rings is 2. The van der Waals surface area contributed by atoms with Gasteiger partial charge in [-0.1, -0.05) is 23.7 Å². The number of anilines is 1. The first-order valence-corrected chi connectivity index (χ1v) is 9.68. The molecule has 148 valence electrons. The van der Waals surface area contributed by atoms with Crippen molar-refractivity contribution in [2.45, 2.75) is 6.54 Å². The summed E-state index contributed by atoms with van der Waals surface area (Å²) in [7, 11) is 3.49. The predicted molar refractivity (Wildman–Crippen MR) is 115 cm³/mol. The molecule has 3 rings (SSSR count). The summed E-state index contributed by atoms with van der Waals surface area (Å²) >= 11 is 5.96. The van der Waals surface area contributed by atoms with Crippen LogP contribution in [0.5, 0.6) is 0 Å². The molecule has 0 radical (unpaired) electrons. The summed E-state index contributed by atoms with van der Waals surface area (Å²) in [5.41, 5.74) is 9.07. The minimum atomic E-state index is -0.00637. The molecule has 7 heteroatoms. The molecule has 1 aliphatic rings. The third kappa shape index (κ3) is 4.95. The maximum Gasteiger partial charge on any atom is 0.253 e. The van der Waals surface area contributed by atoms with Gasteiger partial charge < -0.3 is 20.4 Å². The van der Waals surface area contributed by atoms with Crippen molar-refractivity contribution in [1.82, 2.24) is 9.80 Å². The molecule has 1 amide bonds. The molecule has 2 aromatic rings. The van der Waals surface area contributed by atoms with Gasteiger partial charge in [-0.15, -0.1) is 0 Å². The third-order valence-electron chi connectivity index (χ3n) is 4.83. The van der Waals surface area contributed by atoms with Crippen LogP contribution < -0.4 is 10.6 Å². The number of piperazine rings is 1. The van der Waals surface area contributed by atoms with Crippen LogP contribution in [0.25, 0.3) is 0 Å². The molecule has 0 atom stereocenters. The van der Waals surface area contributed by atoms with E-state index in [9.17, 15) is 4.79 Å². The van der Waals surface area contributed by atoms with Gasteiger partial charge in [-0.25, -0.2) is 4.99 Å². The maximum atomic E-state index is 11.9. The van der Waals surface area contributed by atoms with E-state index >= 15 is 0 Å².